The van der Waals surface area contributed by atoms with Crippen molar-refractivity contribution in [2.75, 3.05) is 45.7 Å². The molecule has 0 heterocycles. The Kier molecular flexibility index (Phi) is 15.8. The van der Waals surface area contributed by atoms with Crippen molar-refractivity contribution in [2.24, 2.45) is 11.8 Å². The Balaban J connectivity index is 3.70. The number of amides is 1. The second kappa shape index (κ2) is 16.1. The first-order chi connectivity index (χ1) is 11.5. The van der Waals surface area contributed by atoms with Gasteiger partial charge in [0.15, 0.2) is 0 Å². The smallest absolute Gasteiger partial charge is 0.246 e. The number of hydrogen-bond acceptors (Lipinski definition) is 6. The van der Waals surface area contributed by atoms with Crippen LogP contribution in [0, 0.1) is 23.7 Å². The third-order valence-electron chi connectivity index (χ3n) is 2.65. The van der Waals surface area contributed by atoms with Crippen LogP contribution in [-0.2, 0) is 14.3 Å². The summed E-state index contributed by atoms with van der Waals surface area (Å²) in [5, 5.41) is 5.83. The van der Waals surface area contributed by atoms with Crippen molar-refractivity contribution in [3.8, 4) is 11.8 Å². The summed E-state index contributed by atoms with van der Waals surface area (Å²) in [4.78, 5) is 11.5. The molecule has 1 atom stereocenters. The molecular weight excluding hydrogens is 344 g/mol. The molecule has 0 fully saturated rings. The summed E-state index contributed by atoms with van der Waals surface area (Å²) in [6.07, 6.45) is 0. The lowest BCUT2D eigenvalue weighted by Crippen LogP contribution is -2.28. The topological polar surface area (TPSA) is 59.6 Å². The van der Waals surface area contributed by atoms with E-state index in [1.807, 2.05) is 31.7 Å². The third kappa shape index (κ3) is 15.2. The van der Waals surface area contributed by atoms with Gasteiger partial charge in [-0.25, -0.2) is 0 Å². The normalized spacial score (nSPS) is 12.1. The van der Waals surface area contributed by atoms with E-state index in [2.05, 4.69) is 36.3 Å². The van der Waals surface area contributed by atoms with Gasteiger partial charge < -0.3 is 20.1 Å². The highest BCUT2D eigenvalue weighted by atomic mass is 33.1. The zero-order chi connectivity index (χ0) is 18.2. The van der Waals surface area contributed by atoms with Crippen molar-refractivity contribution in [3.63, 3.8) is 0 Å². The van der Waals surface area contributed by atoms with E-state index in [0.29, 0.717) is 31.6 Å². The summed E-state index contributed by atoms with van der Waals surface area (Å²) in [5.41, 5.74) is 0.135. The molecule has 0 radical (unpaired) electrons. The minimum absolute atomic E-state index is 0.0448. The molecule has 140 valence electrons. The molecule has 2 N–H and O–H groups in total. The maximum atomic E-state index is 11.5. The fourth-order valence-electron chi connectivity index (χ4n) is 1.43. The Bertz CT molecular complexity index is 382. The first-order valence-electron chi connectivity index (χ1n) is 8.34. The van der Waals surface area contributed by atoms with Crippen molar-refractivity contribution in [2.45, 2.75) is 33.1 Å². The van der Waals surface area contributed by atoms with Crippen LogP contribution in [0.4, 0.5) is 0 Å². The highest BCUT2D eigenvalue weighted by Gasteiger charge is 2.14. The standard InChI is InChI=1S/C17H32N2O3S2/c1-14(2)7-6-8-19-16(20)13-21-10-11-22-17(15(3)4)24-23-12-9-18-5/h14-15,17-18H,8-13H2,1-5H3,(H,19,20). The maximum absolute atomic E-state index is 11.5. The van der Waals surface area contributed by atoms with Gasteiger partial charge in [0.2, 0.25) is 5.91 Å². The van der Waals surface area contributed by atoms with Gasteiger partial charge in [0.25, 0.3) is 0 Å². The Morgan fingerprint density at radius 2 is 1.96 bits per heavy atom. The molecule has 0 aliphatic rings. The Labute approximate surface area is 155 Å². The lowest BCUT2D eigenvalue weighted by atomic mass is 10.2. The summed E-state index contributed by atoms with van der Waals surface area (Å²) < 4.78 is 11.2. The van der Waals surface area contributed by atoms with Gasteiger partial charge in [0.05, 0.1) is 19.8 Å². The van der Waals surface area contributed by atoms with E-state index >= 15 is 0 Å². The van der Waals surface area contributed by atoms with Crippen LogP contribution in [0.1, 0.15) is 27.7 Å². The molecule has 7 heteroatoms. The van der Waals surface area contributed by atoms with Crippen LogP contribution in [0.5, 0.6) is 0 Å². The van der Waals surface area contributed by atoms with E-state index in [1.165, 1.54) is 0 Å². The van der Waals surface area contributed by atoms with Gasteiger partial charge in [-0.1, -0.05) is 61.1 Å². The van der Waals surface area contributed by atoms with E-state index in [9.17, 15) is 4.79 Å². The van der Waals surface area contributed by atoms with Gasteiger partial charge >= 0.3 is 0 Å². The number of carbonyl (C=O) groups is 1. The second-order valence-electron chi connectivity index (χ2n) is 5.81. The molecule has 1 unspecified atom stereocenters. The van der Waals surface area contributed by atoms with Gasteiger partial charge in [-0.15, -0.1) is 0 Å². The molecule has 0 saturated heterocycles. The molecule has 1 amide bonds. The second-order valence-corrected chi connectivity index (χ2v) is 8.40. The van der Waals surface area contributed by atoms with Crippen molar-refractivity contribution in [3.05, 3.63) is 0 Å². The van der Waals surface area contributed by atoms with Crippen LogP contribution in [0.25, 0.3) is 0 Å². The predicted octanol–water partition coefficient (Wildman–Crippen LogP) is 2.38. The molecule has 5 nitrogen and oxygen atoms in total. The lowest BCUT2D eigenvalue weighted by molar-refractivity contribution is -0.126. The molecule has 0 spiro atoms. The molecule has 0 bridgehead atoms. The highest BCUT2D eigenvalue weighted by Crippen LogP contribution is 2.31. The number of ether oxygens (including phenoxy) is 2. The molecule has 0 aromatic rings. The Morgan fingerprint density at radius 1 is 1.21 bits per heavy atom. The quantitative estimate of drug-likeness (QED) is 0.223. The van der Waals surface area contributed by atoms with Crippen LogP contribution < -0.4 is 10.6 Å². The summed E-state index contributed by atoms with van der Waals surface area (Å²) in [7, 11) is 5.51. The average Bonchev–Trinajstić information content (AvgIpc) is 2.52. The average molecular weight is 377 g/mol. The summed E-state index contributed by atoms with van der Waals surface area (Å²) in [6.45, 7) is 10.6. The van der Waals surface area contributed by atoms with E-state index in [1.54, 1.807) is 10.8 Å². The zero-order valence-electron chi connectivity index (χ0n) is 15.5. The fraction of sp³-hybridized carbons (Fsp3) is 0.824. The van der Waals surface area contributed by atoms with Crippen LogP contribution in [0.2, 0.25) is 0 Å². The maximum Gasteiger partial charge on any atom is 0.246 e. The Hall–Kier alpha value is -0.390. The predicted molar refractivity (Wildman–Crippen MR) is 105 cm³/mol. The lowest BCUT2D eigenvalue weighted by Gasteiger charge is -2.20. The molecule has 0 rings (SSSR count). The minimum atomic E-state index is -0.148. The van der Waals surface area contributed by atoms with Crippen molar-refractivity contribution < 1.29 is 14.3 Å². The van der Waals surface area contributed by atoms with Crippen LogP contribution in [0.15, 0.2) is 0 Å². The first kappa shape index (κ1) is 23.6. The van der Waals surface area contributed by atoms with Gasteiger partial charge in [-0.05, 0) is 13.0 Å². The molecule has 0 aromatic carbocycles. The molecule has 24 heavy (non-hydrogen) atoms. The number of rotatable bonds is 13. The number of carbonyl (C=O) groups excluding carboxylic acids is 1. The van der Waals surface area contributed by atoms with Gasteiger partial charge in [-0.2, -0.15) is 0 Å². The van der Waals surface area contributed by atoms with E-state index in [4.69, 9.17) is 9.47 Å². The number of nitrogens with one attached hydrogen (secondary N) is 2. The largest absolute Gasteiger partial charge is 0.369 e. The van der Waals surface area contributed by atoms with E-state index in [-0.39, 0.29) is 18.0 Å². The van der Waals surface area contributed by atoms with E-state index < -0.39 is 0 Å². The fourth-order valence-corrected chi connectivity index (χ4v) is 4.09. The Morgan fingerprint density at radius 3 is 2.58 bits per heavy atom. The number of hydrogen-bond donors (Lipinski definition) is 2. The highest BCUT2D eigenvalue weighted by molar-refractivity contribution is 8.76. The monoisotopic (exact) mass is 376 g/mol. The molecule has 0 aromatic heterocycles. The summed E-state index contributed by atoms with van der Waals surface area (Å²) in [5.74, 6) is 7.54. The summed E-state index contributed by atoms with van der Waals surface area (Å²) >= 11 is 0. The van der Waals surface area contributed by atoms with Crippen LogP contribution >= 0.6 is 21.6 Å². The van der Waals surface area contributed by atoms with E-state index in [0.717, 1.165) is 12.3 Å². The SMILES string of the molecule is CNCCSSC(OCCOCC(=O)NCC#CC(C)C)C(C)C. The van der Waals surface area contributed by atoms with Gasteiger partial charge in [-0.3, -0.25) is 4.79 Å². The molecule has 0 saturated carbocycles. The van der Waals surface area contributed by atoms with Crippen molar-refractivity contribution in [1.82, 2.24) is 10.6 Å². The van der Waals surface area contributed by atoms with Gasteiger partial charge in [0.1, 0.15) is 12.0 Å². The van der Waals surface area contributed by atoms with Crippen molar-refractivity contribution in [1.29, 1.82) is 0 Å². The minimum Gasteiger partial charge on any atom is -0.369 e. The molecule has 0 aliphatic heterocycles. The summed E-state index contributed by atoms with van der Waals surface area (Å²) in [6, 6.07) is 0. The van der Waals surface area contributed by atoms with Gasteiger partial charge in [0, 0.05) is 18.2 Å². The van der Waals surface area contributed by atoms with Crippen molar-refractivity contribution >= 4 is 27.5 Å². The van der Waals surface area contributed by atoms with Crippen LogP contribution in [-0.4, -0.2) is 57.1 Å². The molecular formula is C17H32N2O3S2. The molecule has 0 aliphatic carbocycles. The first-order valence-corrected chi connectivity index (χ1v) is 10.7. The van der Waals surface area contributed by atoms with Crippen LogP contribution in [0.3, 0.4) is 0 Å². The zero-order valence-corrected chi connectivity index (χ0v) is 17.1. The third-order valence-corrected chi connectivity index (χ3v) is 5.50.